The van der Waals surface area contributed by atoms with Crippen LogP contribution < -0.4 is 69.3 Å². The van der Waals surface area contributed by atoms with E-state index in [0.29, 0.717) is 12.2 Å². The van der Waals surface area contributed by atoms with E-state index in [1.54, 1.807) is 0 Å². The van der Waals surface area contributed by atoms with Crippen LogP contribution in [0.2, 0.25) is 0 Å². The van der Waals surface area contributed by atoms with Crippen molar-refractivity contribution < 1.29 is 93.2 Å². The van der Waals surface area contributed by atoms with Crippen LogP contribution in [0.1, 0.15) is 20.7 Å². The molecule has 98 valence electrons. The minimum atomic E-state index is -1.64. The summed E-state index contributed by atoms with van der Waals surface area (Å²) in [5.74, 6) is -5.74. The summed E-state index contributed by atoms with van der Waals surface area (Å²) in [5.41, 5.74) is -0.818. The quantitative estimate of drug-likeness (QED) is 0.234. The predicted molar refractivity (Wildman–Crippen MR) is 55.3 cm³/mol. The van der Waals surface area contributed by atoms with Crippen LogP contribution in [-0.2, 0) is 14.3 Å². The van der Waals surface area contributed by atoms with E-state index in [9.17, 15) is 29.4 Å². The number of carboxylic acid groups (broad SMARTS) is 2. The maximum absolute atomic E-state index is 11.5. The van der Waals surface area contributed by atoms with E-state index < -0.39 is 29.4 Å². The molecule has 0 aliphatic carbocycles. The van der Waals surface area contributed by atoms with Crippen molar-refractivity contribution in [3.8, 4) is 0 Å². The van der Waals surface area contributed by atoms with Crippen molar-refractivity contribution in [1.29, 1.82) is 0 Å². The molecule has 1 aromatic rings. The first-order valence-electron chi connectivity index (χ1n) is 4.87. The Balaban J connectivity index is 0. The zero-order chi connectivity index (χ0) is 14.4. The van der Waals surface area contributed by atoms with Gasteiger partial charge in [-0.2, -0.15) is 0 Å². The molecule has 0 saturated heterocycles. The summed E-state index contributed by atoms with van der Waals surface area (Å²) < 4.78 is 4.23. The van der Waals surface area contributed by atoms with Gasteiger partial charge in [-0.1, -0.05) is 18.2 Å². The van der Waals surface area contributed by atoms with Crippen LogP contribution in [0.4, 0.5) is 0 Å². The first-order chi connectivity index (χ1) is 8.91. The fourth-order valence-electron chi connectivity index (χ4n) is 1.16. The average Bonchev–Trinajstić information content (AvgIpc) is 2.36. The molecule has 0 radical (unpaired) electrons. The van der Waals surface area contributed by atoms with Crippen LogP contribution in [0, 0.1) is 0 Å². The van der Waals surface area contributed by atoms with E-state index in [1.165, 1.54) is 12.1 Å². The number of esters is 2. The second kappa shape index (κ2) is 10.7. The van der Waals surface area contributed by atoms with Gasteiger partial charge in [-0.25, -0.2) is 9.59 Å². The van der Waals surface area contributed by atoms with E-state index in [2.05, 4.69) is 4.74 Å². The van der Waals surface area contributed by atoms with E-state index in [1.807, 2.05) is 0 Å². The van der Waals surface area contributed by atoms with Gasteiger partial charge < -0.3 is 24.5 Å². The predicted octanol–water partition coefficient (Wildman–Crippen LogP) is -7.95. The number of aromatic carboxylic acids is 1. The number of rotatable bonds is 4. The van der Waals surface area contributed by atoms with Crippen LogP contribution in [0.5, 0.6) is 0 Å². The van der Waals surface area contributed by atoms with E-state index in [-0.39, 0.29) is 64.7 Å². The standard InChI is InChI=1S/C12H8O7.2Na/c13-9(14)5-6-10(15)19-12(18)8-4-2-1-3-7(8)11(16)17;;/h1-6H,(H,13,14)(H,16,17);;/q;2*+1/p-2/b6-5-;;. The van der Waals surface area contributed by atoms with Crippen LogP contribution in [0.25, 0.3) is 0 Å². The van der Waals surface area contributed by atoms with Gasteiger partial charge in [0.05, 0.1) is 17.5 Å². The van der Waals surface area contributed by atoms with Crippen LogP contribution in [0.15, 0.2) is 36.4 Å². The van der Waals surface area contributed by atoms with Crippen LogP contribution in [-0.4, -0.2) is 23.9 Å². The second-order valence-electron chi connectivity index (χ2n) is 3.19. The number of hydrogen-bond acceptors (Lipinski definition) is 7. The van der Waals surface area contributed by atoms with Gasteiger partial charge in [0, 0.05) is 11.6 Å². The maximum Gasteiger partial charge on any atom is 1.00 e. The molecule has 0 unspecified atom stereocenters. The van der Waals surface area contributed by atoms with Gasteiger partial charge in [0.1, 0.15) is 0 Å². The van der Waals surface area contributed by atoms with Gasteiger partial charge >= 0.3 is 71.1 Å². The molecule has 0 aromatic heterocycles. The third kappa shape index (κ3) is 7.56. The molecule has 0 saturated carbocycles. The summed E-state index contributed by atoms with van der Waals surface area (Å²) in [6.07, 6.45) is 0.842. The van der Waals surface area contributed by atoms with Crippen molar-refractivity contribution in [2.45, 2.75) is 0 Å². The van der Waals surface area contributed by atoms with Crippen molar-refractivity contribution in [2.75, 3.05) is 0 Å². The Morgan fingerprint density at radius 3 is 1.90 bits per heavy atom. The SMILES string of the molecule is O=C([O-])/C=C\C(=O)OC(=O)c1ccccc1C(=O)[O-].[Na+].[Na+]. The van der Waals surface area contributed by atoms with Gasteiger partial charge in [0.25, 0.3) is 0 Å². The van der Waals surface area contributed by atoms with Crippen molar-refractivity contribution in [3.05, 3.63) is 47.5 Å². The molecular weight excluding hydrogens is 302 g/mol. The Morgan fingerprint density at radius 1 is 0.905 bits per heavy atom. The van der Waals surface area contributed by atoms with Crippen molar-refractivity contribution >= 4 is 23.9 Å². The Labute approximate surface area is 163 Å². The zero-order valence-electron chi connectivity index (χ0n) is 11.3. The van der Waals surface area contributed by atoms with Gasteiger partial charge in [-0.15, -0.1) is 0 Å². The molecule has 1 rings (SSSR count). The number of aliphatic carboxylic acids is 1. The van der Waals surface area contributed by atoms with Gasteiger partial charge in [0.2, 0.25) is 0 Å². The van der Waals surface area contributed by atoms with Crippen LogP contribution >= 0.6 is 0 Å². The normalized spacial score (nSPS) is 9.14. The Kier molecular flexibility index (Phi) is 11.4. The molecule has 0 aliphatic rings. The monoisotopic (exact) mass is 308 g/mol. The number of carbonyl (C=O) groups excluding carboxylic acids is 4. The number of carbonyl (C=O) groups is 4. The summed E-state index contributed by atoms with van der Waals surface area (Å²) in [7, 11) is 0. The van der Waals surface area contributed by atoms with Gasteiger partial charge in [-0.05, 0) is 12.1 Å². The molecule has 0 aliphatic heterocycles. The van der Waals surface area contributed by atoms with Crippen molar-refractivity contribution in [3.63, 3.8) is 0 Å². The minimum Gasteiger partial charge on any atom is -0.545 e. The number of benzene rings is 1. The zero-order valence-corrected chi connectivity index (χ0v) is 15.3. The number of hydrogen-bond donors (Lipinski definition) is 0. The topological polar surface area (TPSA) is 124 Å². The first-order valence-corrected chi connectivity index (χ1v) is 4.87. The average molecular weight is 308 g/mol. The molecular formula is C12H6Na2O7. The molecule has 0 amide bonds. The summed E-state index contributed by atoms with van der Waals surface area (Å²) in [6.45, 7) is 0. The van der Waals surface area contributed by atoms with Crippen molar-refractivity contribution in [1.82, 2.24) is 0 Å². The Hall–Kier alpha value is -0.960. The number of carboxylic acids is 2. The minimum absolute atomic E-state index is 0. The fourth-order valence-corrected chi connectivity index (χ4v) is 1.16. The molecule has 1 aromatic carbocycles. The third-order valence-corrected chi connectivity index (χ3v) is 1.92. The molecule has 0 heterocycles. The molecule has 0 atom stereocenters. The first kappa shape index (κ1) is 22.3. The third-order valence-electron chi connectivity index (χ3n) is 1.92. The summed E-state index contributed by atoms with van der Waals surface area (Å²) in [4.78, 5) is 43.3. The van der Waals surface area contributed by atoms with Crippen molar-refractivity contribution in [2.24, 2.45) is 0 Å². The molecule has 9 heteroatoms. The molecule has 7 nitrogen and oxygen atoms in total. The maximum atomic E-state index is 11.5. The van der Waals surface area contributed by atoms with E-state index in [4.69, 9.17) is 0 Å². The van der Waals surface area contributed by atoms with Gasteiger partial charge in [0.15, 0.2) is 0 Å². The van der Waals surface area contributed by atoms with Crippen LogP contribution in [0.3, 0.4) is 0 Å². The smallest absolute Gasteiger partial charge is 0.545 e. The van der Waals surface area contributed by atoms with E-state index in [0.717, 1.165) is 12.1 Å². The fraction of sp³-hybridized carbons (Fsp3) is 0. The number of ether oxygens (including phenoxy) is 1. The molecule has 21 heavy (non-hydrogen) atoms. The second-order valence-corrected chi connectivity index (χ2v) is 3.19. The van der Waals surface area contributed by atoms with Gasteiger partial charge in [-0.3, -0.25) is 0 Å². The molecule has 0 spiro atoms. The Morgan fingerprint density at radius 2 is 1.43 bits per heavy atom. The Bertz CT molecular complexity index is 581. The largest absolute Gasteiger partial charge is 1.00 e. The summed E-state index contributed by atoms with van der Waals surface area (Å²) >= 11 is 0. The molecule has 0 fully saturated rings. The summed E-state index contributed by atoms with van der Waals surface area (Å²) in [6, 6.07) is 4.96. The summed E-state index contributed by atoms with van der Waals surface area (Å²) in [5, 5.41) is 20.7. The molecule has 0 bridgehead atoms. The molecule has 0 N–H and O–H groups in total. The van der Waals surface area contributed by atoms with E-state index >= 15 is 0 Å².